The van der Waals surface area contributed by atoms with Crippen molar-refractivity contribution in [3.8, 4) is 0 Å². The Labute approximate surface area is 125 Å². The van der Waals surface area contributed by atoms with Crippen LogP contribution in [0.1, 0.15) is 39.0 Å². The molecule has 0 atom stereocenters. The lowest BCUT2D eigenvalue weighted by molar-refractivity contribution is 0.0718. The van der Waals surface area contributed by atoms with E-state index >= 15 is 0 Å². The van der Waals surface area contributed by atoms with Crippen molar-refractivity contribution in [2.45, 2.75) is 44.6 Å². The first-order valence-electron chi connectivity index (χ1n) is 8.56. The molecule has 1 aliphatic carbocycles. The number of hydrogen-bond acceptors (Lipinski definition) is 4. The predicted molar refractivity (Wildman–Crippen MR) is 86.1 cm³/mol. The topological polar surface area (TPSA) is 35.7 Å². The van der Waals surface area contributed by atoms with Crippen molar-refractivity contribution >= 4 is 0 Å². The molecular formula is C16H34N4. The van der Waals surface area contributed by atoms with Crippen molar-refractivity contribution < 1.29 is 0 Å². The summed E-state index contributed by atoms with van der Waals surface area (Å²) in [5.41, 5.74) is 6.49. The van der Waals surface area contributed by atoms with E-state index in [-0.39, 0.29) is 0 Å². The van der Waals surface area contributed by atoms with Crippen LogP contribution in [-0.4, -0.2) is 79.6 Å². The van der Waals surface area contributed by atoms with Gasteiger partial charge in [-0.25, -0.2) is 0 Å². The summed E-state index contributed by atoms with van der Waals surface area (Å²) in [6.07, 6.45) is 6.60. The predicted octanol–water partition coefficient (Wildman–Crippen LogP) is 1.22. The van der Waals surface area contributed by atoms with Gasteiger partial charge in [0.1, 0.15) is 0 Å². The monoisotopic (exact) mass is 282 g/mol. The summed E-state index contributed by atoms with van der Waals surface area (Å²) < 4.78 is 0. The summed E-state index contributed by atoms with van der Waals surface area (Å²) in [6.45, 7) is 11.7. The van der Waals surface area contributed by atoms with E-state index < -0.39 is 0 Å². The fourth-order valence-corrected chi connectivity index (χ4v) is 3.87. The van der Waals surface area contributed by atoms with Crippen LogP contribution in [0.4, 0.5) is 0 Å². The van der Waals surface area contributed by atoms with E-state index in [9.17, 15) is 0 Å². The van der Waals surface area contributed by atoms with Gasteiger partial charge >= 0.3 is 0 Å². The molecule has 118 valence electrons. The highest BCUT2D eigenvalue weighted by Crippen LogP contribution is 2.34. The minimum atomic E-state index is 0.322. The van der Waals surface area contributed by atoms with Gasteiger partial charge in [-0.1, -0.05) is 19.8 Å². The molecule has 0 spiro atoms. The Morgan fingerprint density at radius 3 is 2.25 bits per heavy atom. The number of nitrogens with zero attached hydrogens (tertiary/aromatic N) is 3. The molecule has 1 aliphatic heterocycles. The Morgan fingerprint density at radius 2 is 1.70 bits per heavy atom. The highest BCUT2D eigenvalue weighted by Gasteiger charge is 2.37. The van der Waals surface area contributed by atoms with Crippen LogP contribution in [0.15, 0.2) is 0 Å². The van der Waals surface area contributed by atoms with Gasteiger partial charge in [0, 0.05) is 51.4 Å². The summed E-state index contributed by atoms with van der Waals surface area (Å²) in [7, 11) is 2.22. The van der Waals surface area contributed by atoms with Crippen LogP contribution in [0.3, 0.4) is 0 Å². The van der Waals surface area contributed by atoms with Crippen molar-refractivity contribution in [1.29, 1.82) is 0 Å². The zero-order valence-electron chi connectivity index (χ0n) is 13.6. The van der Waals surface area contributed by atoms with E-state index in [1.165, 1.54) is 77.9 Å². The highest BCUT2D eigenvalue weighted by molar-refractivity contribution is 4.96. The summed E-state index contributed by atoms with van der Waals surface area (Å²) in [5.74, 6) is 0. The summed E-state index contributed by atoms with van der Waals surface area (Å²) in [4.78, 5) is 7.78. The van der Waals surface area contributed by atoms with Crippen LogP contribution < -0.4 is 5.73 Å². The molecule has 1 saturated carbocycles. The summed E-state index contributed by atoms with van der Waals surface area (Å²) in [5, 5.41) is 0. The number of hydrogen-bond donors (Lipinski definition) is 1. The second-order valence-electron chi connectivity index (χ2n) is 6.77. The van der Waals surface area contributed by atoms with Gasteiger partial charge in [0.15, 0.2) is 0 Å². The third kappa shape index (κ3) is 3.94. The average Bonchev–Trinajstić information content (AvgIpc) is 2.95. The van der Waals surface area contributed by atoms with Crippen molar-refractivity contribution in [2.75, 3.05) is 59.4 Å². The summed E-state index contributed by atoms with van der Waals surface area (Å²) >= 11 is 0. The fraction of sp³-hybridized carbons (Fsp3) is 1.00. The summed E-state index contributed by atoms with van der Waals surface area (Å²) in [6, 6.07) is 0. The molecule has 4 nitrogen and oxygen atoms in total. The molecular weight excluding hydrogens is 248 g/mol. The Balaban J connectivity index is 1.85. The number of rotatable bonds is 7. The molecule has 2 aliphatic rings. The van der Waals surface area contributed by atoms with Crippen LogP contribution in [-0.2, 0) is 0 Å². The van der Waals surface area contributed by atoms with E-state index in [0.717, 1.165) is 6.54 Å². The first kappa shape index (κ1) is 16.2. The molecule has 0 unspecified atom stereocenters. The molecule has 2 fully saturated rings. The van der Waals surface area contributed by atoms with Gasteiger partial charge in [-0.05, 0) is 32.9 Å². The average molecular weight is 282 g/mol. The van der Waals surface area contributed by atoms with E-state index in [2.05, 4.69) is 28.7 Å². The molecule has 0 bridgehead atoms. The zero-order chi connectivity index (χ0) is 14.4. The smallest absolute Gasteiger partial charge is 0.0332 e. The second-order valence-corrected chi connectivity index (χ2v) is 6.77. The lowest BCUT2D eigenvalue weighted by Gasteiger charge is -2.42. The minimum absolute atomic E-state index is 0.322. The first-order chi connectivity index (χ1) is 9.70. The van der Waals surface area contributed by atoms with Gasteiger partial charge < -0.3 is 10.6 Å². The van der Waals surface area contributed by atoms with Crippen molar-refractivity contribution in [3.05, 3.63) is 0 Å². The SMILES string of the molecule is CCCN(CCN1CCN(C)CC1)C1(CN)CCCC1. The molecule has 0 aromatic rings. The van der Waals surface area contributed by atoms with Crippen LogP contribution in [0.2, 0.25) is 0 Å². The van der Waals surface area contributed by atoms with Crippen molar-refractivity contribution in [1.82, 2.24) is 14.7 Å². The van der Waals surface area contributed by atoms with Crippen LogP contribution in [0, 0.1) is 0 Å². The normalized spacial score (nSPS) is 24.6. The molecule has 20 heavy (non-hydrogen) atoms. The van der Waals surface area contributed by atoms with Gasteiger partial charge in [-0.15, -0.1) is 0 Å². The van der Waals surface area contributed by atoms with E-state index in [1.807, 2.05) is 0 Å². The first-order valence-corrected chi connectivity index (χ1v) is 8.56. The molecule has 2 N–H and O–H groups in total. The van der Waals surface area contributed by atoms with Crippen LogP contribution in [0.5, 0.6) is 0 Å². The molecule has 0 aromatic heterocycles. The Hall–Kier alpha value is -0.160. The third-order valence-electron chi connectivity index (χ3n) is 5.36. The lowest BCUT2D eigenvalue weighted by atomic mass is 9.94. The van der Waals surface area contributed by atoms with Gasteiger partial charge in [-0.3, -0.25) is 9.80 Å². The van der Waals surface area contributed by atoms with Crippen molar-refractivity contribution in [3.63, 3.8) is 0 Å². The quantitative estimate of drug-likeness (QED) is 0.761. The van der Waals surface area contributed by atoms with Crippen LogP contribution in [0.25, 0.3) is 0 Å². The number of nitrogens with two attached hydrogens (primary N) is 1. The molecule has 0 amide bonds. The molecule has 0 aromatic carbocycles. The maximum atomic E-state index is 6.16. The zero-order valence-corrected chi connectivity index (χ0v) is 13.6. The Bertz CT molecular complexity index is 268. The highest BCUT2D eigenvalue weighted by atomic mass is 15.3. The minimum Gasteiger partial charge on any atom is -0.329 e. The number of piperazine rings is 1. The third-order valence-corrected chi connectivity index (χ3v) is 5.36. The molecule has 4 heteroatoms. The largest absolute Gasteiger partial charge is 0.329 e. The van der Waals surface area contributed by atoms with Crippen molar-refractivity contribution in [2.24, 2.45) is 5.73 Å². The van der Waals surface area contributed by atoms with E-state index in [1.54, 1.807) is 0 Å². The Kier molecular flexibility index (Phi) is 6.27. The standard InChI is InChI=1S/C16H34N4/c1-3-8-20(16(15-17)6-4-5-7-16)14-13-19-11-9-18(2)10-12-19/h3-15,17H2,1-2H3. The van der Waals surface area contributed by atoms with Gasteiger partial charge in [-0.2, -0.15) is 0 Å². The van der Waals surface area contributed by atoms with E-state index in [0.29, 0.717) is 5.54 Å². The molecule has 0 radical (unpaired) electrons. The lowest BCUT2D eigenvalue weighted by Crippen LogP contribution is -2.55. The van der Waals surface area contributed by atoms with Gasteiger partial charge in [0.2, 0.25) is 0 Å². The van der Waals surface area contributed by atoms with Gasteiger partial charge in [0.25, 0.3) is 0 Å². The molecule has 1 heterocycles. The van der Waals surface area contributed by atoms with Gasteiger partial charge in [0.05, 0.1) is 0 Å². The molecule has 2 rings (SSSR count). The molecule has 1 saturated heterocycles. The second kappa shape index (κ2) is 7.74. The maximum Gasteiger partial charge on any atom is 0.0332 e. The fourth-order valence-electron chi connectivity index (χ4n) is 3.87. The van der Waals surface area contributed by atoms with Crippen LogP contribution >= 0.6 is 0 Å². The number of likely N-dealkylation sites (N-methyl/N-ethyl adjacent to an activating group) is 1. The van der Waals surface area contributed by atoms with E-state index in [4.69, 9.17) is 5.73 Å². The maximum absolute atomic E-state index is 6.16. The Morgan fingerprint density at radius 1 is 1.05 bits per heavy atom.